The van der Waals surface area contributed by atoms with Crippen molar-refractivity contribution in [3.63, 3.8) is 0 Å². The Bertz CT molecular complexity index is 1060. The molecule has 3 aromatic rings. The summed E-state index contributed by atoms with van der Waals surface area (Å²) in [5.41, 5.74) is 6.12. The topological polar surface area (TPSA) is 101 Å². The molecule has 8 heteroatoms. The predicted octanol–water partition coefficient (Wildman–Crippen LogP) is 3.55. The number of carbonyl (C=O) groups is 1. The van der Waals surface area contributed by atoms with Crippen LogP contribution in [0.1, 0.15) is 21.6 Å². The summed E-state index contributed by atoms with van der Waals surface area (Å²) in [6.07, 6.45) is 1.65. The van der Waals surface area contributed by atoms with E-state index in [0.29, 0.717) is 28.7 Å². The molecule has 3 N–H and O–H groups in total. The lowest BCUT2D eigenvalue weighted by molar-refractivity contribution is 0.102. The van der Waals surface area contributed by atoms with Crippen LogP contribution in [0.3, 0.4) is 0 Å². The molecule has 28 heavy (non-hydrogen) atoms. The summed E-state index contributed by atoms with van der Waals surface area (Å²) >= 11 is 0. The fourth-order valence-electron chi connectivity index (χ4n) is 2.85. The Morgan fingerprint density at radius 3 is 2.46 bits per heavy atom. The van der Waals surface area contributed by atoms with Gasteiger partial charge in [0.25, 0.3) is 5.91 Å². The van der Waals surface area contributed by atoms with E-state index in [-0.39, 0.29) is 5.91 Å². The van der Waals surface area contributed by atoms with Crippen molar-refractivity contribution >= 4 is 35.3 Å². The summed E-state index contributed by atoms with van der Waals surface area (Å²) < 4.78 is 5.13. The van der Waals surface area contributed by atoms with Gasteiger partial charge in [0.2, 0.25) is 5.95 Å². The quantitative estimate of drug-likeness (QED) is 0.477. The molecule has 2 aromatic carbocycles. The summed E-state index contributed by atoms with van der Waals surface area (Å²) in [4.78, 5) is 21.3. The molecule has 140 valence electrons. The van der Waals surface area contributed by atoms with Crippen molar-refractivity contribution in [1.29, 1.82) is 0 Å². The Morgan fingerprint density at radius 2 is 1.75 bits per heavy atom. The van der Waals surface area contributed by atoms with Crippen molar-refractivity contribution in [2.75, 3.05) is 23.2 Å². The van der Waals surface area contributed by atoms with E-state index in [4.69, 9.17) is 4.74 Å². The standard InChI is InChI=1S/C20H18N6O2/c1-12-17-18(23-15-5-3-4-6-16(15)24-19(17)27)25-20(22-12)26-21-11-13-7-9-14(28-2)10-8-13/h3-11H,1-2H3,(H,24,27)(H2,22,23,25,26)/b21-11+. The second kappa shape index (κ2) is 7.36. The van der Waals surface area contributed by atoms with Crippen molar-refractivity contribution < 1.29 is 9.53 Å². The lowest BCUT2D eigenvalue weighted by Crippen LogP contribution is -2.15. The number of anilines is 4. The highest BCUT2D eigenvalue weighted by molar-refractivity contribution is 6.12. The van der Waals surface area contributed by atoms with Crippen LogP contribution in [0.4, 0.5) is 23.1 Å². The van der Waals surface area contributed by atoms with Gasteiger partial charge in [-0.15, -0.1) is 0 Å². The predicted molar refractivity (Wildman–Crippen MR) is 109 cm³/mol. The third-order valence-electron chi connectivity index (χ3n) is 4.24. The molecule has 1 aliphatic rings. The van der Waals surface area contributed by atoms with Crippen LogP contribution in [-0.2, 0) is 0 Å². The van der Waals surface area contributed by atoms with Gasteiger partial charge in [-0.3, -0.25) is 4.79 Å². The minimum atomic E-state index is -0.252. The number of hydrogen-bond donors (Lipinski definition) is 3. The third kappa shape index (κ3) is 3.48. The molecule has 2 heterocycles. The van der Waals surface area contributed by atoms with Crippen LogP contribution in [0.5, 0.6) is 5.75 Å². The van der Waals surface area contributed by atoms with E-state index < -0.39 is 0 Å². The van der Waals surface area contributed by atoms with E-state index in [1.165, 1.54) is 0 Å². The maximum absolute atomic E-state index is 12.6. The number of aryl methyl sites for hydroxylation is 1. The number of para-hydroxylation sites is 2. The van der Waals surface area contributed by atoms with Gasteiger partial charge in [-0.1, -0.05) is 12.1 Å². The number of carbonyl (C=O) groups excluding carboxylic acids is 1. The number of methoxy groups -OCH3 is 1. The Balaban J connectivity index is 1.58. The van der Waals surface area contributed by atoms with Gasteiger partial charge in [0.15, 0.2) is 0 Å². The van der Waals surface area contributed by atoms with Crippen molar-refractivity contribution in [1.82, 2.24) is 9.97 Å². The van der Waals surface area contributed by atoms with Crippen LogP contribution < -0.4 is 20.8 Å². The SMILES string of the molecule is COc1ccc(/C=N/Nc2nc(C)c3c(n2)Nc2ccccc2NC3=O)cc1. The molecule has 1 aliphatic heterocycles. The smallest absolute Gasteiger partial charge is 0.261 e. The Kier molecular flexibility index (Phi) is 4.59. The largest absolute Gasteiger partial charge is 0.497 e. The number of rotatable bonds is 4. The number of ether oxygens (including phenoxy) is 1. The van der Waals surface area contributed by atoms with Crippen LogP contribution in [-0.4, -0.2) is 29.2 Å². The van der Waals surface area contributed by atoms with Gasteiger partial charge in [0, 0.05) is 0 Å². The molecule has 0 saturated carbocycles. The molecule has 0 radical (unpaired) electrons. The lowest BCUT2D eigenvalue weighted by atomic mass is 10.2. The van der Waals surface area contributed by atoms with Crippen LogP contribution in [0.15, 0.2) is 53.6 Å². The first-order valence-electron chi connectivity index (χ1n) is 8.63. The molecule has 0 bridgehead atoms. The number of amides is 1. The highest BCUT2D eigenvalue weighted by atomic mass is 16.5. The zero-order chi connectivity index (χ0) is 19.5. The first kappa shape index (κ1) is 17.5. The Labute approximate surface area is 161 Å². The van der Waals surface area contributed by atoms with Gasteiger partial charge in [-0.2, -0.15) is 10.1 Å². The number of hydrazone groups is 1. The van der Waals surface area contributed by atoms with Gasteiger partial charge in [-0.25, -0.2) is 10.4 Å². The van der Waals surface area contributed by atoms with Gasteiger partial charge >= 0.3 is 0 Å². The van der Waals surface area contributed by atoms with Crippen LogP contribution in [0.25, 0.3) is 0 Å². The number of nitrogens with one attached hydrogen (secondary N) is 3. The van der Waals surface area contributed by atoms with E-state index in [1.54, 1.807) is 20.2 Å². The third-order valence-corrected chi connectivity index (χ3v) is 4.24. The van der Waals surface area contributed by atoms with E-state index in [9.17, 15) is 4.79 Å². The van der Waals surface area contributed by atoms with E-state index in [2.05, 4.69) is 31.1 Å². The lowest BCUT2D eigenvalue weighted by Gasteiger charge is -2.10. The molecule has 1 amide bonds. The zero-order valence-corrected chi connectivity index (χ0v) is 15.4. The molecular weight excluding hydrogens is 356 g/mol. The maximum atomic E-state index is 12.6. The summed E-state index contributed by atoms with van der Waals surface area (Å²) in [7, 11) is 1.62. The molecule has 0 atom stereocenters. The van der Waals surface area contributed by atoms with Crippen LogP contribution in [0, 0.1) is 6.92 Å². The van der Waals surface area contributed by atoms with Crippen molar-refractivity contribution in [3.8, 4) is 5.75 Å². The highest BCUT2D eigenvalue weighted by Crippen LogP contribution is 2.32. The second-order valence-corrected chi connectivity index (χ2v) is 6.12. The number of aromatic nitrogens is 2. The number of fused-ring (bicyclic) bond motifs is 2. The van der Waals surface area contributed by atoms with E-state index in [0.717, 1.165) is 17.0 Å². The van der Waals surface area contributed by atoms with E-state index >= 15 is 0 Å². The molecular formula is C20H18N6O2. The van der Waals surface area contributed by atoms with Crippen LogP contribution >= 0.6 is 0 Å². The minimum Gasteiger partial charge on any atom is -0.497 e. The Morgan fingerprint density at radius 1 is 1.04 bits per heavy atom. The second-order valence-electron chi connectivity index (χ2n) is 6.12. The Hall–Kier alpha value is -3.94. The van der Waals surface area contributed by atoms with Crippen molar-refractivity contribution in [2.45, 2.75) is 6.92 Å². The fourth-order valence-corrected chi connectivity index (χ4v) is 2.85. The van der Waals surface area contributed by atoms with Gasteiger partial charge in [0.05, 0.1) is 30.4 Å². The normalized spacial score (nSPS) is 12.4. The summed E-state index contributed by atoms with van der Waals surface area (Å²) in [5, 5.41) is 10.2. The highest BCUT2D eigenvalue weighted by Gasteiger charge is 2.23. The molecule has 1 aromatic heterocycles. The molecule has 0 aliphatic carbocycles. The molecule has 4 rings (SSSR count). The first-order valence-corrected chi connectivity index (χ1v) is 8.63. The van der Waals surface area contributed by atoms with Gasteiger partial charge in [-0.05, 0) is 48.9 Å². The maximum Gasteiger partial charge on any atom is 0.261 e. The summed E-state index contributed by atoms with van der Waals surface area (Å²) in [5.74, 6) is 1.25. The molecule has 0 spiro atoms. The minimum absolute atomic E-state index is 0.252. The summed E-state index contributed by atoms with van der Waals surface area (Å²) in [6, 6.07) is 14.9. The number of nitrogens with zero attached hydrogens (tertiary/aromatic N) is 3. The van der Waals surface area contributed by atoms with Crippen molar-refractivity contribution in [3.05, 3.63) is 65.4 Å². The summed E-state index contributed by atoms with van der Waals surface area (Å²) in [6.45, 7) is 1.76. The average Bonchev–Trinajstić information content (AvgIpc) is 2.84. The number of hydrogen-bond acceptors (Lipinski definition) is 7. The molecule has 0 saturated heterocycles. The molecule has 8 nitrogen and oxygen atoms in total. The number of benzene rings is 2. The zero-order valence-electron chi connectivity index (χ0n) is 15.4. The monoisotopic (exact) mass is 374 g/mol. The van der Waals surface area contributed by atoms with Crippen molar-refractivity contribution in [2.24, 2.45) is 5.10 Å². The van der Waals surface area contributed by atoms with E-state index in [1.807, 2.05) is 48.5 Å². The average molecular weight is 374 g/mol. The first-order chi connectivity index (χ1) is 13.6. The molecule has 0 unspecified atom stereocenters. The van der Waals surface area contributed by atoms with Gasteiger partial charge < -0.3 is 15.4 Å². The fraction of sp³-hybridized carbons (Fsp3) is 0.100. The van der Waals surface area contributed by atoms with Crippen LogP contribution in [0.2, 0.25) is 0 Å². The molecule has 0 fully saturated rings. The van der Waals surface area contributed by atoms with Gasteiger partial charge in [0.1, 0.15) is 17.1 Å².